The molecule has 0 spiro atoms. The standard InChI is InChI=1S/C24H21BrF2N4OS2/c1-14-11-17(15(2)31(14)19-7-5-18(25)6-8-19)13-28-30-24-29-22(32)21(34-24)12-16-3-9-20(10-4-16)33-23(26)27/h3-11,13,21,23H,12H2,1-2H3,(H,29,30,32)/b28-13-/t21-/m0/s1. The topological polar surface area (TPSA) is 58.8 Å². The molecule has 0 aliphatic carbocycles. The highest BCUT2D eigenvalue weighted by Crippen LogP contribution is 2.28. The van der Waals surface area contributed by atoms with Crippen LogP contribution in [0, 0.1) is 13.8 Å². The molecule has 0 unspecified atom stereocenters. The third-order valence-electron chi connectivity index (χ3n) is 5.25. The number of thioether (sulfide) groups is 2. The molecule has 1 fully saturated rings. The van der Waals surface area contributed by atoms with Crippen molar-refractivity contribution in [1.82, 2.24) is 9.88 Å². The highest BCUT2D eigenvalue weighted by molar-refractivity contribution is 9.10. The van der Waals surface area contributed by atoms with Crippen molar-refractivity contribution in [1.29, 1.82) is 0 Å². The molecule has 1 aromatic heterocycles. The summed E-state index contributed by atoms with van der Waals surface area (Å²) >= 11 is 5.28. The minimum atomic E-state index is -2.45. The summed E-state index contributed by atoms with van der Waals surface area (Å²) in [5.74, 6) is -2.59. The lowest BCUT2D eigenvalue weighted by molar-refractivity contribution is -0.118. The number of hydrogen-bond donors (Lipinski definition) is 1. The first-order valence-corrected chi connectivity index (χ1v) is 12.9. The quantitative estimate of drug-likeness (QED) is 0.208. The lowest BCUT2D eigenvalue weighted by Gasteiger charge is -2.09. The predicted octanol–water partition coefficient (Wildman–Crippen LogP) is 6.34. The van der Waals surface area contributed by atoms with Crippen LogP contribution in [0.5, 0.6) is 0 Å². The zero-order chi connectivity index (χ0) is 24.2. The molecule has 34 heavy (non-hydrogen) atoms. The Morgan fingerprint density at radius 3 is 2.56 bits per heavy atom. The molecule has 1 saturated heterocycles. The molecule has 1 amide bonds. The van der Waals surface area contributed by atoms with Gasteiger partial charge in [0, 0.05) is 32.0 Å². The number of benzene rings is 2. The molecule has 10 heteroatoms. The van der Waals surface area contributed by atoms with Crippen LogP contribution in [0.2, 0.25) is 0 Å². The average Bonchev–Trinajstić information content (AvgIpc) is 3.28. The second-order valence-corrected chi connectivity index (χ2v) is 10.8. The first-order valence-electron chi connectivity index (χ1n) is 10.4. The Morgan fingerprint density at radius 2 is 1.88 bits per heavy atom. The van der Waals surface area contributed by atoms with Crippen LogP contribution in [0.1, 0.15) is 22.5 Å². The number of amides is 1. The molecular formula is C24H21BrF2N4OS2. The van der Waals surface area contributed by atoms with Crippen molar-refractivity contribution in [3.8, 4) is 5.69 Å². The van der Waals surface area contributed by atoms with Crippen LogP contribution in [0.25, 0.3) is 5.69 Å². The van der Waals surface area contributed by atoms with Crippen LogP contribution in [0.3, 0.4) is 0 Å². The first kappa shape index (κ1) is 24.7. The van der Waals surface area contributed by atoms with E-state index in [1.54, 1.807) is 30.5 Å². The number of nitrogens with one attached hydrogen (secondary N) is 1. The second-order valence-electron chi connectivity index (χ2n) is 7.61. The molecule has 5 nitrogen and oxygen atoms in total. The van der Waals surface area contributed by atoms with E-state index in [1.165, 1.54) is 11.8 Å². The van der Waals surface area contributed by atoms with Crippen molar-refractivity contribution < 1.29 is 13.6 Å². The molecule has 1 N–H and O–H groups in total. The maximum Gasteiger partial charge on any atom is 0.288 e. The van der Waals surface area contributed by atoms with E-state index in [-0.39, 0.29) is 11.2 Å². The molecule has 3 aromatic rings. The number of hydrogen-bond acceptors (Lipinski definition) is 5. The third-order valence-corrected chi connectivity index (χ3v) is 7.57. The van der Waals surface area contributed by atoms with Gasteiger partial charge < -0.3 is 9.88 Å². The van der Waals surface area contributed by atoms with E-state index in [4.69, 9.17) is 0 Å². The third kappa shape index (κ3) is 5.97. The van der Waals surface area contributed by atoms with E-state index in [0.717, 1.165) is 32.7 Å². The Hall–Kier alpha value is -2.43. The number of carbonyl (C=O) groups is 1. The van der Waals surface area contributed by atoms with Gasteiger partial charge in [0.2, 0.25) is 5.91 Å². The van der Waals surface area contributed by atoms with Crippen LogP contribution < -0.4 is 5.32 Å². The van der Waals surface area contributed by atoms with Crippen molar-refractivity contribution in [2.45, 2.75) is 36.2 Å². The molecule has 0 saturated carbocycles. The number of alkyl halides is 2. The van der Waals surface area contributed by atoms with Gasteiger partial charge in [-0.15, -0.1) is 5.10 Å². The number of aryl methyl sites for hydroxylation is 1. The molecule has 4 rings (SSSR count). The fourth-order valence-electron chi connectivity index (χ4n) is 3.66. The predicted molar refractivity (Wildman–Crippen MR) is 140 cm³/mol. The van der Waals surface area contributed by atoms with E-state index < -0.39 is 5.76 Å². The summed E-state index contributed by atoms with van der Waals surface area (Å²) < 4.78 is 28.1. The molecule has 0 radical (unpaired) electrons. The van der Waals surface area contributed by atoms with Crippen LogP contribution >= 0.6 is 39.5 Å². The SMILES string of the molecule is Cc1cc(/C=N\N=C2\NC(=O)[C@H](Cc3ccc(SC(F)F)cc3)S2)c(C)n1-c1ccc(Br)cc1. The summed E-state index contributed by atoms with van der Waals surface area (Å²) in [5.41, 5.74) is 5.02. The van der Waals surface area contributed by atoms with Crippen LogP contribution in [0.4, 0.5) is 8.78 Å². The Bertz CT molecular complexity index is 1240. The number of rotatable bonds is 7. The van der Waals surface area contributed by atoms with Crippen LogP contribution in [-0.2, 0) is 11.2 Å². The highest BCUT2D eigenvalue weighted by Gasteiger charge is 2.30. The summed E-state index contributed by atoms with van der Waals surface area (Å²) in [5, 5.41) is 11.2. The summed E-state index contributed by atoms with van der Waals surface area (Å²) in [6, 6.07) is 17.0. The summed E-state index contributed by atoms with van der Waals surface area (Å²) in [6.07, 6.45) is 2.16. The van der Waals surface area contributed by atoms with Gasteiger partial charge in [-0.25, -0.2) is 0 Å². The summed E-state index contributed by atoms with van der Waals surface area (Å²) in [7, 11) is 0. The number of aromatic nitrogens is 1. The lowest BCUT2D eigenvalue weighted by atomic mass is 10.1. The molecule has 2 heterocycles. The fraction of sp³-hybridized carbons (Fsp3) is 0.208. The van der Waals surface area contributed by atoms with Gasteiger partial charge in [-0.2, -0.15) is 13.9 Å². The van der Waals surface area contributed by atoms with Crippen molar-refractivity contribution >= 4 is 56.7 Å². The summed E-state index contributed by atoms with van der Waals surface area (Å²) in [6.45, 7) is 4.06. The minimum Gasteiger partial charge on any atom is -0.318 e. The fourth-order valence-corrected chi connectivity index (χ4v) is 5.39. The molecule has 2 aromatic carbocycles. The molecule has 1 aliphatic heterocycles. The second kappa shape index (κ2) is 10.9. The van der Waals surface area contributed by atoms with Gasteiger partial charge >= 0.3 is 0 Å². The molecular weight excluding hydrogens is 542 g/mol. The van der Waals surface area contributed by atoms with Gasteiger partial charge in [0.25, 0.3) is 5.76 Å². The minimum absolute atomic E-state index is 0.140. The Balaban J connectivity index is 1.41. The number of nitrogens with zero attached hydrogens (tertiary/aromatic N) is 3. The average molecular weight is 563 g/mol. The Morgan fingerprint density at radius 1 is 1.18 bits per heavy atom. The van der Waals surface area contributed by atoms with E-state index in [9.17, 15) is 13.6 Å². The monoisotopic (exact) mass is 562 g/mol. The van der Waals surface area contributed by atoms with Gasteiger partial charge in [0.1, 0.15) is 0 Å². The van der Waals surface area contributed by atoms with Crippen molar-refractivity contribution in [2.24, 2.45) is 10.2 Å². The first-order chi connectivity index (χ1) is 16.3. The number of halogens is 3. The molecule has 1 atom stereocenters. The number of amidine groups is 1. The van der Waals surface area contributed by atoms with Gasteiger partial charge in [0.15, 0.2) is 5.17 Å². The van der Waals surface area contributed by atoms with E-state index in [1.807, 2.05) is 44.2 Å². The van der Waals surface area contributed by atoms with Gasteiger partial charge in [-0.3, -0.25) is 4.79 Å². The van der Waals surface area contributed by atoms with Gasteiger partial charge in [-0.1, -0.05) is 51.6 Å². The largest absolute Gasteiger partial charge is 0.318 e. The Labute approximate surface area is 213 Å². The maximum atomic E-state index is 12.5. The molecule has 176 valence electrons. The zero-order valence-electron chi connectivity index (χ0n) is 18.3. The van der Waals surface area contributed by atoms with Gasteiger partial charge in [-0.05, 0) is 68.3 Å². The normalized spacial score (nSPS) is 17.3. The Kier molecular flexibility index (Phi) is 7.90. The summed E-state index contributed by atoms with van der Waals surface area (Å²) in [4.78, 5) is 12.8. The molecule has 1 aliphatic rings. The maximum absolute atomic E-state index is 12.5. The smallest absolute Gasteiger partial charge is 0.288 e. The van der Waals surface area contributed by atoms with Crippen molar-refractivity contribution in [2.75, 3.05) is 0 Å². The lowest BCUT2D eigenvalue weighted by Crippen LogP contribution is -2.25. The molecule has 0 bridgehead atoms. The van der Waals surface area contributed by atoms with Gasteiger partial charge in [0.05, 0.1) is 11.5 Å². The van der Waals surface area contributed by atoms with E-state index >= 15 is 0 Å². The van der Waals surface area contributed by atoms with E-state index in [2.05, 4.69) is 36.0 Å². The highest BCUT2D eigenvalue weighted by atomic mass is 79.9. The van der Waals surface area contributed by atoms with Crippen LogP contribution in [0.15, 0.2) is 74.2 Å². The van der Waals surface area contributed by atoms with Crippen molar-refractivity contribution in [3.63, 3.8) is 0 Å². The zero-order valence-corrected chi connectivity index (χ0v) is 21.6. The van der Waals surface area contributed by atoms with E-state index in [0.29, 0.717) is 28.2 Å². The number of carbonyl (C=O) groups excluding carboxylic acids is 1. The van der Waals surface area contributed by atoms with Crippen LogP contribution in [-0.4, -0.2) is 32.9 Å². The van der Waals surface area contributed by atoms with Crippen molar-refractivity contribution in [3.05, 3.63) is 81.6 Å².